The molecule has 0 saturated carbocycles. The van der Waals surface area contributed by atoms with Gasteiger partial charge in [0.1, 0.15) is 0 Å². The maximum Gasteiger partial charge on any atom is 0.257 e. The van der Waals surface area contributed by atoms with Crippen molar-refractivity contribution < 1.29 is 4.65 Å². The molecule has 0 heterocycles. The first-order valence-electron chi connectivity index (χ1n) is 3.05. The number of hydrogen-bond donors (Lipinski definition) is 0. The van der Waals surface area contributed by atoms with Gasteiger partial charge in [-0.15, -0.1) is 0 Å². The van der Waals surface area contributed by atoms with Crippen LogP contribution in [0.3, 0.4) is 0 Å². The molecular weight excluding hydrogens is 115 g/mol. The van der Waals surface area contributed by atoms with E-state index in [9.17, 15) is 0 Å². The van der Waals surface area contributed by atoms with Gasteiger partial charge in [-0.25, -0.2) is 0 Å². The second kappa shape index (κ2) is 3.30. The monoisotopic (exact) mass is 130 g/mol. The first-order chi connectivity index (χ1) is 3.56. The van der Waals surface area contributed by atoms with E-state index < -0.39 is 8.07 Å². The van der Waals surface area contributed by atoms with Gasteiger partial charge in [0.25, 0.3) is 8.05 Å². The van der Waals surface area contributed by atoms with Crippen molar-refractivity contribution in [2.24, 2.45) is 0 Å². The SMILES string of the molecule is BOCC[Si](C)(C)C. The van der Waals surface area contributed by atoms with E-state index in [1.54, 1.807) is 8.05 Å². The van der Waals surface area contributed by atoms with Crippen LogP contribution in [-0.2, 0) is 4.65 Å². The summed E-state index contributed by atoms with van der Waals surface area (Å²) in [7, 11) is 0.961. The van der Waals surface area contributed by atoms with Gasteiger partial charge in [-0.1, -0.05) is 19.6 Å². The number of hydrogen-bond acceptors (Lipinski definition) is 1. The molecule has 48 valence electrons. The molecule has 0 radical (unpaired) electrons. The molecule has 0 aromatic heterocycles. The van der Waals surface area contributed by atoms with Crippen molar-refractivity contribution >= 4 is 16.1 Å². The lowest BCUT2D eigenvalue weighted by atomic mass is 10.6. The Bertz CT molecular complexity index is 59.9. The summed E-state index contributed by atoms with van der Waals surface area (Å²) in [6, 6.07) is 1.28. The van der Waals surface area contributed by atoms with Crippen LogP contribution >= 0.6 is 0 Å². The molecule has 1 nitrogen and oxygen atoms in total. The fraction of sp³-hybridized carbons (Fsp3) is 1.00. The van der Waals surface area contributed by atoms with Gasteiger partial charge in [-0.3, -0.25) is 0 Å². The predicted octanol–water partition coefficient (Wildman–Crippen LogP) is 0.889. The Labute approximate surface area is 53.9 Å². The molecule has 0 saturated heterocycles. The summed E-state index contributed by atoms with van der Waals surface area (Å²) in [6.45, 7) is 8.00. The standard InChI is InChI=1S/C5H15BOSi/c1-8(2,3)5-4-7-6/h4-6H2,1-3H3. The minimum absolute atomic E-state index is 0.803. The topological polar surface area (TPSA) is 9.23 Å². The zero-order valence-corrected chi connectivity index (χ0v) is 7.32. The lowest BCUT2D eigenvalue weighted by molar-refractivity contribution is 0.373. The van der Waals surface area contributed by atoms with Gasteiger partial charge in [-0.2, -0.15) is 0 Å². The molecule has 0 atom stereocenters. The third-order valence-corrected chi connectivity index (χ3v) is 2.76. The van der Waals surface area contributed by atoms with Crippen LogP contribution in [0, 0.1) is 0 Å². The number of rotatable bonds is 3. The summed E-state index contributed by atoms with van der Waals surface area (Å²) < 4.78 is 4.95. The summed E-state index contributed by atoms with van der Waals surface area (Å²) in [4.78, 5) is 0. The largest absolute Gasteiger partial charge is 0.444 e. The summed E-state index contributed by atoms with van der Waals surface area (Å²) >= 11 is 0. The van der Waals surface area contributed by atoms with Gasteiger partial charge < -0.3 is 4.65 Å². The molecule has 0 unspecified atom stereocenters. The van der Waals surface area contributed by atoms with Gasteiger partial charge >= 0.3 is 0 Å². The highest BCUT2D eigenvalue weighted by Crippen LogP contribution is 2.06. The van der Waals surface area contributed by atoms with Gasteiger partial charge in [0.15, 0.2) is 0 Å². The Balaban J connectivity index is 3.11. The van der Waals surface area contributed by atoms with Crippen molar-refractivity contribution in [2.45, 2.75) is 25.7 Å². The summed E-state index contributed by atoms with van der Waals surface area (Å²) in [5.41, 5.74) is 0. The summed E-state index contributed by atoms with van der Waals surface area (Å²) in [6.07, 6.45) is 0. The van der Waals surface area contributed by atoms with Crippen molar-refractivity contribution in [2.75, 3.05) is 6.61 Å². The quantitative estimate of drug-likeness (QED) is 0.515. The molecule has 0 rings (SSSR count). The fourth-order valence-electron chi connectivity index (χ4n) is 0.408. The lowest BCUT2D eigenvalue weighted by Crippen LogP contribution is -2.21. The molecule has 0 fully saturated rings. The third-order valence-electron chi connectivity index (χ3n) is 1.06. The van der Waals surface area contributed by atoms with Gasteiger partial charge in [0.2, 0.25) is 0 Å². The second-order valence-corrected chi connectivity index (χ2v) is 8.92. The molecule has 8 heavy (non-hydrogen) atoms. The van der Waals surface area contributed by atoms with Crippen molar-refractivity contribution in [1.29, 1.82) is 0 Å². The average molecular weight is 130 g/mol. The molecule has 3 heteroatoms. The van der Waals surface area contributed by atoms with Crippen LogP contribution in [0.25, 0.3) is 0 Å². The minimum Gasteiger partial charge on any atom is -0.444 e. The van der Waals surface area contributed by atoms with Crippen molar-refractivity contribution in [1.82, 2.24) is 0 Å². The van der Waals surface area contributed by atoms with Crippen molar-refractivity contribution in [3.8, 4) is 0 Å². The maximum atomic E-state index is 4.95. The second-order valence-electron chi connectivity index (χ2n) is 3.30. The first-order valence-corrected chi connectivity index (χ1v) is 6.76. The Morgan fingerprint density at radius 3 is 2.00 bits per heavy atom. The Morgan fingerprint density at radius 2 is 1.88 bits per heavy atom. The summed E-state index contributed by atoms with van der Waals surface area (Å²) in [5, 5.41) is 0. The van der Waals surface area contributed by atoms with E-state index in [4.69, 9.17) is 4.65 Å². The average Bonchev–Trinajstić information content (AvgIpc) is 1.59. The lowest BCUT2D eigenvalue weighted by Gasteiger charge is -2.13. The Kier molecular flexibility index (Phi) is 3.40. The third kappa shape index (κ3) is 6.24. The predicted molar refractivity (Wildman–Crippen MR) is 42.6 cm³/mol. The van der Waals surface area contributed by atoms with Crippen molar-refractivity contribution in [3.05, 3.63) is 0 Å². The highest BCUT2D eigenvalue weighted by molar-refractivity contribution is 6.76. The van der Waals surface area contributed by atoms with Crippen LogP contribution < -0.4 is 0 Å². The Hall–Kier alpha value is 0.242. The van der Waals surface area contributed by atoms with E-state index in [1.807, 2.05) is 0 Å². The molecule has 0 amide bonds. The zero-order valence-electron chi connectivity index (χ0n) is 6.32. The van der Waals surface area contributed by atoms with E-state index in [1.165, 1.54) is 6.04 Å². The fourth-order valence-corrected chi connectivity index (χ4v) is 1.22. The minimum atomic E-state index is -0.803. The van der Waals surface area contributed by atoms with E-state index >= 15 is 0 Å². The normalized spacial score (nSPS) is 11.9. The molecule has 0 aliphatic carbocycles. The molecule has 0 aliphatic heterocycles. The van der Waals surface area contributed by atoms with E-state index in [-0.39, 0.29) is 0 Å². The van der Waals surface area contributed by atoms with Gasteiger partial charge in [0.05, 0.1) is 0 Å². The molecule has 0 N–H and O–H groups in total. The van der Waals surface area contributed by atoms with E-state index in [0.29, 0.717) is 0 Å². The smallest absolute Gasteiger partial charge is 0.257 e. The van der Waals surface area contributed by atoms with Crippen LogP contribution in [0.4, 0.5) is 0 Å². The maximum absolute atomic E-state index is 4.95. The van der Waals surface area contributed by atoms with E-state index in [0.717, 1.165) is 6.61 Å². The Morgan fingerprint density at radius 1 is 1.38 bits per heavy atom. The van der Waals surface area contributed by atoms with Crippen LogP contribution in [0.1, 0.15) is 0 Å². The highest BCUT2D eigenvalue weighted by atomic mass is 28.3. The molecule has 0 aromatic rings. The molecule has 0 aromatic carbocycles. The molecule has 0 aliphatic rings. The molecular formula is C5H15BOSi. The zero-order chi connectivity index (χ0) is 6.62. The first kappa shape index (κ1) is 8.24. The van der Waals surface area contributed by atoms with E-state index in [2.05, 4.69) is 19.6 Å². The summed E-state index contributed by atoms with van der Waals surface area (Å²) in [5.74, 6) is 0. The van der Waals surface area contributed by atoms with Crippen molar-refractivity contribution in [3.63, 3.8) is 0 Å². The highest BCUT2D eigenvalue weighted by Gasteiger charge is 2.10. The molecule has 0 spiro atoms. The van der Waals surface area contributed by atoms with Crippen LogP contribution in [0.2, 0.25) is 25.7 Å². The van der Waals surface area contributed by atoms with Crippen LogP contribution in [-0.4, -0.2) is 22.7 Å². The van der Waals surface area contributed by atoms with Crippen LogP contribution in [0.15, 0.2) is 0 Å². The van der Waals surface area contributed by atoms with Crippen LogP contribution in [0.5, 0.6) is 0 Å². The van der Waals surface area contributed by atoms with Gasteiger partial charge in [0, 0.05) is 14.7 Å². The molecule has 0 bridgehead atoms. The van der Waals surface area contributed by atoms with Gasteiger partial charge in [-0.05, 0) is 6.04 Å².